The highest BCUT2D eigenvalue weighted by Gasteiger charge is 2.04. The fourth-order valence-electron chi connectivity index (χ4n) is 1.21. The molecule has 0 spiro atoms. The number of nitrogens with zero attached hydrogens (tertiary/aromatic N) is 4. The van der Waals surface area contributed by atoms with Gasteiger partial charge in [0.25, 0.3) is 0 Å². The molecule has 0 saturated heterocycles. The van der Waals surface area contributed by atoms with E-state index >= 15 is 0 Å². The summed E-state index contributed by atoms with van der Waals surface area (Å²) in [7, 11) is 1.77. The Morgan fingerprint density at radius 2 is 2.29 bits per heavy atom. The molecule has 0 aliphatic rings. The van der Waals surface area contributed by atoms with Crippen molar-refractivity contribution in [2.45, 2.75) is 6.54 Å². The van der Waals surface area contributed by atoms with Gasteiger partial charge in [0.05, 0.1) is 16.7 Å². The molecule has 0 aliphatic heterocycles. The lowest BCUT2D eigenvalue weighted by Gasteiger charge is -2.07. The number of nitrogens with one attached hydrogen (secondary N) is 2. The van der Waals surface area contributed by atoms with Crippen LogP contribution < -0.4 is 10.6 Å². The van der Waals surface area contributed by atoms with Crippen LogP contribution in [0.4, 0.5) is 11.8 Å². The number of anilines is 2. The van der Waals surface area contributed by atoms with E-state index in [0.717, 1.165) is 16.0 Å². The molecule has 0 aromatic carbocycles. The van der Waals surface area contributed by atoms with Crippen molar-refractivity contribution < 1.29 is 0 Å². The van der Waals surface area contributed by atoms with Gasteiger partial charge in [0.15, 0.2) is 0 Å². The Labute approximate surface area is 107 Å². The van der Waals surface area contributed by atoms with Gasteiger partial charge in [0.1, 0.15) is 5.82 Å². The highest BCUT2D eigenvalue weighted by Crippen LogP contribution is 2.20. The third kappa shape index (κ3) is 3.10. The summed E-state index contributed by atoms with van der Waals surface area (Å²) in [6.07, 6.45) is 3.33. The molecule has 0 unspecified atom stereocenters. The summed E-state index contributed by atoms with van der Waals surface area (Å²) in [6, 6.07) is 3.74. The maximum atomic E-state index is 4.28. The second-order valence-electron chi connectivity index (χ2n) is 3.21. The van der Waals surface area contributed by atoms with Crippen molar-refractivity contribution in [1.29, 1.82) is 0 Å². The van der Waals surface area contributed by atoms with Crippen LogP contribution in [0.15, 0.2) is 29.0 Å². The molecule has 2 aromatic heterocycles. The van der Waals surface area contributed by atoms with Crippen molar-refractivity contribution in [3.8, 4) is 0 Å². The molecule has 0 amide bonds. The fourth-order valence-corrected chi connectivity index (χ4v) is 1.54. The van der Waals surface area contributed by atoms with Gasteiger partial charge >= 0.3 is 0 Å². The van der Waals surface area contributed by atoms with Crippen LogP contribution in [0.5, 0.6) is 0 Å². The summed E-state index contributed by atoms with van der Waals surface area (Å²) < 4.78 is 0.806. The van der Waals surface area contributed by atoms with Crippen LogP contribution in [-0.4, -0.2) is 27.2 Å². The van der Waals surface area contributed by atoms with Crippen LogP contribution in [0.2, 0.25) is 0 Å². The Hall–Kier alpha value is -1.76. The second kappa shape index (κ2) is 5.53. The predicted molar refractivity (Wildman–Crippen MR) is 68.6 cm³/mol. The van der Waals surface area contributed by atoms with Crippen molar-refractivity contribution in [3.63, 3.8) is 0 Å². The number of hydrogen-bond donors (Lipinski definition) is 2. The number of hydrogen-bond acceptors (Lipinski definition) is 6. The second-order valence-corrected chi connectivity index (χ2v) is 4.06. The maximum Gasteiger partial charge on any atom is 0.224 e. The summed E-state index contributed by atoms with van der Waals surface area (Å²) in [6.45, 7) is 0.562. The first-order valence-electron chi connectivity index (χ1n) is 5.00. The lowest BCUT2D eigenvalue weighted by atomic mass is 10.4. The normalized spacial score (nSPS) is 10.0. The zero-order valence-electron chi connectivity index (χ0n) is 9.18. The van der Waals surface area contributed by atoms with Crippen LogP contribution in [-0.2, 0) is 6.54 Å². The Morgan fingerprint density at radius 3 is 3.00 bits per heavy atom. The zero-order chi connectivity index (χ0) is 12.1. The Bertz CT molecular complexity index is 489. The quantitative estimate of drug-likeness (QED) is 0.894. The van der Waals surface area contributed by atoms with E-state index < -0.39 is 0 Å². The minimum atomic E-state index is 0.562. The van der Waals surface area contributed by atoms with Gasteiger partial charge < -0.3 is 10.6 Å². The van der Waals surface area contributed by atoms with E-state index in [1.165, 1.54) is 0 Å². The lowest BCUT2D eigenvalue weighted by molar-refractivity contribution is 0.918. The summed E-state index contributed by atoms with van der Waals surface area (Å²) in [5, 5.41) is 13.8. The third-order valence-corrected chi connectivity index (χ3v) is 2.61. The summed E-state index contributed by atoms with van der Waals surface area (Å²) >= 11 is 3.38. The van der Waals surface area contributed by atoms with E-state index in [1.807, 2.05) is 12.1 Å². The first-order chi connectivity index (χ1) is 8.29. The zero-order valence-corrected chi connectivity index (χ0v) is 10.8. The first-order valence-corrected chi connectivity index (χ1v) is 5.79. The molecule has 0 atom stereocenters. The van der Waals surface area contributed by atoms with Crippen molar-refractivity contribution in [3.05, 3.63) is 34.7 Å². The Kier molecular flexibility index (Phi) is 3.81. The standard InChI is InChI=1S/C10H11BrN6/c1-12-10-14-6-8(11)9(16-10)13-5-7-3-2-4-15-17-7/h2-4,6H,5H2,1H3,(H2,12,13,14,16). The number of aromatic nitrogens is 4. The Balaban J connectivity index is 2.08. The van der Waals surface area contributed by atoms with Crippen LogP contribution in [0.1, 0.15) is 5.69 Å². The molecule has 2 heterocycles. The monoisotopic (exact) mass is 294 g/mol. The molecule has 17 heavy (non-hydrogen) atoms. The third-order valence-electron chi connectivity index (χ3n) is 2.03. The number of halogens is 1. The summed E-state index contributed by atoms with van der Waals surface area (Å²) in [4.78, 5) is 8.35. The van der Waals surface area contributed by atoms with Crippen LogP contribution in [0.3, 0.4) is 0 Å². The van der Waals surface area contributed by atoms with Crippen molar-refractivity contribution in [2.75, 3.05) is 17.7 Å². The molecule has 7 heteroatoms. The lowest BCUT2D eigenvalue weighted by Crippen LogP contribution is -2.06. The van der Waals surface area contributed by atoms with Gasteiger partial charge in [-0.2, -0.15) is 15.2 Å². The van der Waals surface area contributed by atoms with Gasteiger partial charge in [-0.05, 0) is 28.1 Å². The van der Waals surface area contributed by atoms with E-state index in [2.05, 4.69) is 46.7 Å². The minimum absolute atomic E-state index is 0.562. The highest BCUT2D eigenvalue weighted by atomic mass is 79.9. The molecular weight excluding hydrogens is 284 g/mol. The molecule has 0 fully saturated rings. The fraction of sp³-hybridized carbons (Fsp3) is 0.200. The average molecular weight is 295 g/mol. The molecule has 2 N–H and O–H groups in total. The molecule has 0 bridgehead atoms. The van der Waals surface area contributed by atoms with Crippen LogP contribution in [0, 0.1) is 0 Å². The molecule has 0 aliphatic carbocycles. The SMILES string of the molecule is CNc1ncc(Br)c(NCc2cccnn2)n1. The van der Waals surface area contributed by atoms with Gasteiger partial charge in [-0.15, -0.1) is 0 Å². The molecule has 2 aromatic rings. The van der Waals surface area contributed by atoms with Gasteiger partial charge in [-0.1, -0.05) is 0 Å². The highest BCUT2D eigenvalue weighted by molar-refractivity contribution is 9.10. The first kappa shape index (κ1) is 11.7. The largest absolute Gasteiger partial charge is 0.363 e. The average Bonchev–Trinajstić information content (AvgIpc) is 2.39. The van der Waals surface area contributed by atoms with E-state index in [4.69, 9.17) is 0 Å². The van der Waals surface area contributed by atoms with E-state index in [-0.39, 0.29) is 0 Å². The van der Waals surface area contributed by atoms with Gasteiger partial charge in [0.2, 0.25) is 5.95 Å². The summed E-state index contributed by atoms with van der Waals surface area (Å²) in [5.41, 5.74) is 0.851. The molecule has 88 valence electrons. The predicted octanol–water partition coefficient (Wildman–Crippen LogP) is 1.68. The summed E-state index contributed by atoms with van der Waals surface area (Å²) in [5.74, 6) is 1.28. The maximum absolute atomic E-state index is 4.28. The molecule has 2 rings (SSSR count). The van der Waals surface area contributed by atoms with Gasteiger partial charge in [-0.25, -0.2) is 4.98 Å². The minimum Gasteiger partial charge on any atom is -0.363 e. The van der Waals surface area contributed by atoms with E-state index in [0.29, 0.717) is 12.5 Å². The molecule has 0 radical (unpaired) electrons. The molecule has 0 saturated carbocycles. The van der Waals surface area contributed by atoms with E-state index in [1.54, 1.807) is 19.4 Å². The number of rotatable bonds is 4. The smallest absolute Gasteiger partial charge is 0.224 e. The topological polar surface area (TPSA) is 75.6 Å². The molecule has 6 nitrogen and oxygen atoms in total. The Morgan fingerprint density at radius 1 is 1.41 bits per heavy atom. The van der Waals surface area contributed by atoms with Crippen LogP contribution >= 0.6 is 15.9 Å². The molecular formula is C10H11BrN6. The van der Waals surface area contributed by atoms with Crippen molar-refractivity contribution >= 4 is 27.7 Å². The van der Waals surface area contributed by atoms with Crippen LogP contribution in [0.25, 0.3) is 0 Å². The van der Waals surface area contributed by atoms with Gasteiger partial charge in [-0.3, -0.25) is 0 Å². The van der Waals surface area contributed by atoms with Crippen molar-refractivity contribution in [2.24, 2.45) is 0 Å². The van der Waals surface area contributed by atoms with Gasteiger partial charge in [0, 0.05) is 19.4 Å². The van der Waals surface area contributed by atoms with Crippen molar-refractivity contribution in [1.82, 2.24) is 20.2 Å². The van der Waals surface area contributed by atoms with E-state index in [9.17, 15) is 0 Å².